The van der Waals surface area contributed by atoms with Gasteiger partial charge in [-0.25, -0.2) is 33.8 Å². The lowest BCUT2D eigenvalue weighted by Gasteiger charge is -2.31. The molecule has 0 bridgehead atoms. The van der Waals surface area contributed by atoms with Gasteiger partial charge in [0.25, 0.3) is 0 Å². The second kappa shape index (κ2) is 11.4. The molecule has 6 rings (SSSR count). The third-order valence-corrected chi connectivity index (χ3v) is 7.03. The van der Waals surface area contributed by atoms with Crippen molar-refractivity contribution < 1.29 is 18.7 Å². The summed E-state index contributed by atoms with van der Waals surface area (Å²) in [6.45, 7) is 5.36. The lowest BCUT2D eigenvalue weighted by atomic mass is 10.0. The van der Waals surface area contributed by atoms with E-state index in [2.05, 4.69) is 30.4 Å². The average molecular weight is 580 g/mol. The van der Waals surface area contributed by atoms with Crippen molar-refractivity contribution in [2.75, 3.05) is 11.9 Å². The number of nitrogens with zero attached hydrogens (tertiary/aromatic N) is 8. The second-order valence-corrected chi connectivity index (χ2v) is 10.0. The molecule has 0 saturated carbocycles. The number of fused-ring (bicyclic) bond motifs is 2. The number of nitrogens with one attached hydrogen (secondary N) is 1. The Kier molecular flexibility index (Phi) is 7.28. The van der Waals surface area contributed by atoms with Crippen LogP contribution in [0, 0.1) is 12.7 Å². The van der Waals surface area contributed by atoms with Crippen molar-refractivity contribution in [2.24, 2.45) is 0 Å². The van der Waals surface area contributed by atoms with Gasteiger partial charge in [-0.3, -0.25) is 9.59 Å². The first-order chi connectivity index (χ1) is 20.8. The summed E-state index contributed by atoms with van der Waals surface area (Å²) in [7, 11) is 0. The lowest BCUT2D eigenvalue weighted by Crippen LogP contribution is -2.40. The number of amides is 1. The van der Waals surface area contributed by atoms with Crippen molar-refractivity contribution in [3.63, 3.8) is 0 Å². The monoisotopic (exact) mass is 579 g/mol. The molecule has 0 spiro atoms. The zero-order valence-electron chi connectivity index (χ0n) is 23.5. The number of aromatic nitrogens is 7. The molecular weight excluding hydrogens is 553 g/mol. The predicted octanol–water partition coefficient (Wildman–Crippen LogP) is 4.60. The van der Waals surface area contributed by atoms with Gasteiger partial charge in [0.2, 0.25) is 5.91 Å². The number of ether oxygens (including phenoxy) is 1. The number of ketones is 1. The number of pyridine rings is 1. The number of anilines is 2. The maximum absolute atomic E-state index is 15.6. The minimum Gasteiger partial charge on any atom is -0.457 e. The van der Waals surface area contributed by atoms with Crippen molar-refractivity contribution in [1.29, 1.82) is 0 Å². The number of carbonyl (C=O) groups excluding carboxylic acids is 2. The van der Waals surface area contributed by atoms with Gasteiger partial charge in [-0.2, -0.15) is 5.10 Å². The van der Waals surface area contributed by atoms with E-state index in [-0.39, 0.29) is 23.4 Å². The molecule has 0 radical (unpaired) electrons. The molecule has 1 aliphatic heterocycles. The van der Waals surface area contributed by atoms with Crippen molar-refractivity contribution in [2.45, 2.75) is 33.2 Å². The summed E-state index contributed by atoms with van der Waals surface area (Å²) in [6, 6.07) is 6.45. The highest BCUT2D eigenvalue weighted by molar-refractivity contribution is 5.97. The fourth-order valence-corrected chi connectivity index (χ4v) is 4.78. The molecule has 1 aromatic carbocycles. The molecule has 0 unspecified atom stereocenters. The van der Waals surface area contributed by atoms with E-state index in [1.807, 2.05) is 13.0 Å². The Hall–Kier alpha value is -5.59. The zero-order valence-corrected chi connectivity index (χ0v) is 23.5. The highest BCUT2D eigenvalue weighted by atomic mass is 19.1. The quantitative estimate of drug-likeness (QED) is 0.272. The Morgan fingerprint density at radius 1 is 1.12 bits per heavy atom. The molecule has 1 aliphatic rings. The van der Waals surface area contributed by atoms with Gasteiger partial charge in [0, 0.05) is 36.5 Å². The van der Waals surface area contributed by atoms with Gasteiger partial charge >= 0.3 is 0 Å². The maximum atomic E-state index is 15.6. The van der Waals surface area contributed by atoms with E-state index in [0.717, 1.165) is 5.57 Å². The van der Waals surface area contributed by atoms with E-state index >= 15 is 4.39 Å². The normalized spacial score (nSPS) is 15.2. The topological polar surface area (TPSA) is 140 Å². The van der Waals surface area contributed by atoms with Crippen LogP contribution >= 0.6 is 0 Å². The van der Waals surface area contributed by atoms with E-state index in [1.54, 1.807) is 53.0 Å². The van der Waals surface area contributed by atoms with Crippen LogP contribution in [0.3, 0.4) is 0 Å². The molecule has 216 valence electrons. The second-order valence-electron chi connectivity index (χ2n) is 10.0. The van der Waals surface area contributed by atoms with Crippen LogP contribution in [0.5, 0.6) is 11.5 Å². The third-order valence-electron chi connectivity index (χ3n) is 7.03. The first-order valence-corrected chi connectivity index (χ1v) is 13.5. The Morgan fingerprint density at radius 2 is 1.98 bits per heavy atom. The van der Waals surface area contributed by atoms with Crippen molar-refractivity contribution in [3.8, 4) is 11.5 Å². The summed E-state index contributed by atoms with van der Waals surface area (Å²) in [5.74, 6) is 0.707. The van der Waals surface area contributed by atoms with Crippen LogP contribution in [0.25, 0.3) is 22.3 Å². The molecule has 1 N–H and O–H groups in total. The van der Waals surface area contributed by atoms with Crippen LogP contribution < -0.4 is 10.1 Å². The number of hydrogen-bond donors (Lipinski definition) is 1. The van der Waals surface area contributed by atoms with Gasteiger partial charge in [0.05, 0.1) is 11.9 Å². The van der Waals surface area contributed by atoms with Crippen molar-refractivity contribution >= 4 is 45.4 Å². The molecule has 4 aromatic heterocycles. The first-order valence-electron chi connectivity index (χ1n) is 13.5. The largest absolute Gasteiger partial charge is 0.457 e. The van der Waals surface area contributed by atoms with E-state index in [4.69, 9.17) is 9.72 Å². The van der Waals surface area contributed by atoms with Crippen LogP contribution in [0.4, 0.5) is 15.9 Å². The maximum Gasteiger partial charge on any atom is 0.247 e. The fourth-order valence-electron chi connectivity index (χ4n) is 4.78. The molecule has 5 heterocycles. The van der Waals surface area contributed by atoms with Crippen LogP contribution in [0.2, 0.25) is 0 Å². The molecule has 0 fully saturated rings. The lowest BCUT2D eigenvalue weighted by molar-refractivity contribution is -0.127. The number of hydrogen-bond acceptors (Lipinski definition) is 10. The summed E-state index contributed by atoms with van der Waals surface area (Å²) >= 11 is 0. The SMILES string of the molecule is CC(=O)/C=C/C(=O)N1CCC(c2ncc3ncnc(Nc4ccc(Oc5ccn6ncnc6c5)c(C)c4F)c3n2)=C[C@@H]1C. The first kappa shape index (κ1) is 27.6. The Balaban J connectivity index is 1.25. The number of allylic oxidation sites excluding steroid dienone is 1. The highest BCUT2D eigenvalue weighted by Crippen LogP contribution is 2.33. The van der Waals surface area contributed by atoms with Gasteiger partial charge in [-0.05, 0) is 57.0 Å². The fraction of sp³-hybridized carbons (Fsp3) is 0.200. The minimum atomic E-state index is -0.505. The molecule has 43 heavy (non-hydrogen) atoms. The zero-order chi connectivity index (χ0) is 30.1. The van der Waals surface area contributed by atoms with Gasteiger partial charge in [-0.15, -0.1) is 0 Å². The van der Waals surface area contributed by atoms with E-state index in [9.17, 15) is 9.59 Å². The number of rotatable bonds is 7. The molecular formula is C30H26FN9O3. The smallest absolute Gasteiger partial charge is 0.247 e. The summed E-state index contributed by atoms with van der Waals surface area (Å²) < 4.78 is 23.1. The van der Waals surface area contributed by atoms with Gasteiger partial charge in [0.15, 0.2) is 28.9 Å². The molecule has 1 atom stereocenters. The molecule has 0 saturated heterocycles. The Morgan fingerprint density at radius 3 is 2.79 bits per heavy atom. The molecule has 0 aliphatic carbocycles. The van der Waals surface area contributed by atoms with E-state index in [0.29, 0.717) is 58.4 Å². The van der Waals surface area contributed by atoms with Crippen molar-refractivity contribution in [3.05, 3.63) is 84.7 Å². The summed E-state index contributed by atoms with van der Waals surface area (Å²) in [5.41, 5.74) is 2.87. The summed E-state index contributed by atoms with van der Waals surface area (Å²) in [6.07, 6.45) is 11.1. The summed E-state index contributed by atoms with van der Waals surface area (Å²) in [4.78, 5) is 47.3. The average Bonchev–Trinajstić information content (AvgIpc) is 3.47. The molecule has 1 amide bonds. The van der Waals surface area contributed by atoms with Gasteiger partial charge in [-0.1, -0.05) is 6.08 Å². The number of carbonyl (C=O) groups is 2. The standard InChI is InChI=1S/C30H26FN9O3/c1-17-12-20(8-10-39(17)26(42)7-4-18(2)41)29-32-14-23-28(38-29)30(35-15-33-23)37-22-5-6-24(19(3)27(22)31)43-21-9-11-40-25(13-21)34-16-36-40/h4-7,9,11-17H,8,10H2,1-3H3,(H,33,35,37)/b7-4+/t17-/m0/s1. The van der Waals surface area contributed by atoms with E-state index < -0.39 is 5.82 Å². The van der Waals surface area contributed by atoms with Crippen LogP contribution in [-0.4, -0.2) is 63.7 Å². The third kappa shape index (κ3) is 5.64. The molecule has 13 heteroatoms. The number of halogens is 1. The van der Waals surface area contributed by atoms with E-state index in [1.165, 1.54) is 31.7 Å². The highest BCUT2D eigenvalue weighted by Gasteiger charge is 2.24. The van der Waals surface area contributed by atoms with Crippen LogP contribution in [-0.2, 0) is 9.59 Å². The van der Waals surface area contributed by atoms with Crippen LogP contribution in [0.1, 0.15) is 31.7 Å². The summed E-state index contributed by atoms with van der Waals surface area (Å²) in [5, 5.41) is 7.11. The Bertz CT molecular complexity index is 1950. The molecule has 12 nitrogen and oxygen atoms in total. The Labute approximate surface area is 245 Å². The van der Waals surface area contributed by atoms with Gasteiger partial charge in [0.1, 0.15) is 35.2 Å². The molecule has 5 aromatic rings. The van der Waals surface area contributed by atoms with Crippen LogP contribution in [0.15, 0.2) is 67.5 Å². The van der Waals surface area contributed by atoms with Gasteiger partial charge < -0.3 is 15.0 Å². The van der Waals surface area contributed by atoms with Crippen molar-refractivity contribution in [1.82, 2.24) is 39.4 Å². The minimum absolute atomic E-state index is 0.189. The predicted molar refractivity (Wildman–Crippen MR) is 156 cm³/mol. The number of benzene rings is 1.